The van der Waals surface area contributed by atoms with Crippen molar-refractivity contribution in [1.29, 1.82) is 0 Å². The number of nitrogens with zero attached hydrogens (tertiary/aromatic N) is 3. The first kappa shape index (κ1) is 21.0. The van der Waals surface area contributed by atoms with Crippen LogP contribution < -0.4 is 15.0 Å². The minimum absolute atomic E-state index is 0.0710. The van der Waals surface area contributed by atoms with E-state index < -0.39 is 0 Å². The summed E-state index contributed by atoms with van der Waals surface area (Å²) < 4.78 is 7.16. The monoisotopic (exact) mass is 418 g/mol. The Morgan fingerprint density at radius 1 is 1.03 bits per heavy atom. The Balaban J connectivity index is 1.33. The molecule has 3 aromatic rings. The van der Waals surface area contributed by atoms with Gasteiger partial charge in [0.15, 0.2) is 0 Å². The molecular weight excluding hydrogens is 388 g/mol. The second-order valence-electron chi connectivity index (χ2n) is 8.10. The standard InChI is InChI=1S/C25H30N4O2/c1-18-24(19(2)29(27-18)22-7-5-4-6-8-22)17-25(30)26-20-13-15-28(16-14-20)21-9-11-23(31-3)12-10-21/h4-12,20H,13-17H2,1-3H3,(H,26,30). The number of methoxy groups -OCH3 is 1. The van der Waals surface area contributed by atoms with Crippen molar-refractivity contribution in [2.24, 2.45) is 0 Å². The highest BCUT2D eigenvalue weighted by atomic mass is 16.5. The molecule has 0 unspecified atom stereocenters. The number of nitrogens with one attached hydrogen (secondary N) is 1. The normalized spacial score (nSPS) is 14.5. The van der Waals surface area contributed by atoms with Gasteiger partial charge in [-0.25, -0.2) is 4.68 Å². The quantitative estimate of drug-likeness (QED) is 0.661. The van der Waals surface area contributed by atoms with E-state index in [-0.39, 0.29) is 11.9 Å². The zero-order valence-electron chi connectivity index (χ0n) is 18.5. The molecule has 4 rings (SSSR count). The van der Waals surface area contributed by atoms with E-state index in [1.54, 1.807) is 7.11 Å². The lowest BCUT2D eigenvalue weighted by atomic mass is 10.0. The van der Waals surface area contributed by atoms with Crippen LogP contribution in [0.2, 0.25) is 0 Å². The Morgan fingerprint density at radius 2 is 1.71 bits per heavy atom. The maximum Gasteiger partial charge on any atom is 0.224 e. The van der Waals surface area contributed by atoms with Gasteiger partial charge in [0, 0.05) is 36.1 Å². The smallest absolute Gasteiger partial charge is 0.224 e. The molecule has 1 amide bonds. The number of para-hydroxylation sites is 1. The maximum absolute atomic E-state index is 12.8. The van der Waals surface area contributed by atoms with Crippen LogP contribution in [-0.4, -0.2) is 41.9 Å². The van der Waals surface area contributed by atoms with Gasteiger partial charge < -0.3 is 15.0 Å². The summed E-state index contributed by atoms with van der Waals surface area (Å²) in [6.07, 6.45) is 2.25. The molecule has 0 atom stereocenters. The third-order valence-corrected chi connectivity index (χ3v) is 6.08. The summed E-state index contributed by atoms with van der Waals surface area (Å²) in [5.41, 5.74) is 5.15. The summed E-state index contributed by atoms with van der Waals surface area (Å²) in [5, 5.41) is 7.90. The highest BCUT2D eigenvalue weighted by molar-refractivity contribution is 5.79. The fraction of sp³-hybridized carbons (Fsp3) is 0.360. The van der Waals surface area contributed by atoms with Crippen molar-refractivity contribution in [3.05, 3.63) is 71.5 Å². The number of carbonyl (C=O) groups is 1. The lowest BCUT2D eigenvalue weighted by Crippen LogP contribution is -2.45. The lowest BCUT2D eigenvalue weighted by molar-refractivity contribution is -0.121. The molecule has 1 fully saturated rings. The number of ether oxygens (including phenoxy) is 1. The zero-order valence-corrected chi connectivity index (χ0v) is 18.5. The minimum atomic E-state index is 0.0710. The van der Waals surface area contributed by atoms with Crippen LogP contribution in [-0.2, 0) is 11.2 Å². The van der Waals surface area contributed by atoms with Gasteiger partial charge in [-0.15, -0.1) is 0 Å². The average Bonchev–Trinajstić information content (AvgIpc) is 3.08. The molecule has 2 aromatic carbocycles. The molecular formula is C25H30N4O2. The van der Waals surface area contributed by atoms with Crippen LogP contribution in [0.5, 0.6) is 5.75 Å². The van der Waals surface area contributed by atoms with Crippen molar-refractivity contribution in [3.8, 4) is 11.4 Å². The summed E-state index contributed by atoms with van der Waals surface area (Å²) in [6, 6.07) is 18.4. The maximum atomic E-state index is 12.8. The van der Waals surface area contributed by atoms with Gasteiger partial charge in [-0.3, -0.25) is 4.79 Å². The third kappa shape index (κ3) is 4.74. The molecule has 0 saturated carbocycles. The number of aromatic nitrogens is 2. The van der Waals surface area contributed by atoms with E-state index in [0.717, 1.165) is 54.3 Å². The van der Waals surface area contributed by atoms with E-state index >= 15 is 0 Å². The van der Waals surface area contributed by atoms with Crippen LogP contribution in [0.3, 0.4) is 0 Å². The van der Waals surface area contributed by atoms with E-state index in [9.17, 15) is 4.79 Å². The lowest BCUT2D eigenvalue weighted by Gasteiger charge is -2.34. The predicted octanol–water partition coefficient (Wildman–Crippen LogP) is 3.83. The number of benzene rings is 2. The SMILES string of the molecule is COc1ccc(N2CCC(NC(=O)Cc3c(C)nn(-c4ccccc4)c3C)CC2)cc1. The van der Waals surface area contributed by atoms with Crippen molar-refractivity contribution < 1.29 is 9.53 Å². The van der Waals surface area contributed by atoms with Crippen LogP contribution in [0.15, 0.2) is 54.6 Å². The molecule has 0 radical (unpaired) electrons. The second kappa shape index (κ2) is 9.25. The van der Waals surface area contributed by atoms with E-state index in [0.29, 0.717) is 6.42 Å². The topological polar surface area (TPSA) is 59.4 Å². The van der Waals surface area contributed by atoms with E-state index in [4.69, 9.17) is 4.74 Å². The number of hydrogen-bond acceptors (Lipinski definition) is 4. The van der Waals surface area contributed by atoms with E-state index in [2.05, 4.69) is 27.4 Å². The Bertz CT molecular complexity index is 1020. The van der Waals surface area contributed by atoms with Gasteiger partial charge in [-0.1, -0.05) is 18.2 Å². The molecule has 31 heavy (non-hydrogen) atoms. The fourth-order valence-electron chi connectivity index (χ4n) is 4.27. The molecule has 1 aliphatic heterocycles. The van der Waals surface area contributed by atoms with E-state index in [1.165, 1.54) is 5.69 Å². The Hall–Kier alpha value is -3.28. The summed E-state index contributed by atoms with van der Waals surface area (Å²) in [5.74, 6) is 0.939. The number of rotatable bonds is 6. The molecule has 1 saturated heterocycles. The first-order valence-corrected chi connectivity index (χ1v) is 10.8. The Morgan fingerprint density at radius 3 is 2.35 bits per heavy atom. The molecule has 6 nitrogen and oxygen atoms in total. The molecule has 162 valence electrons. The zero-order chi connectivity index (χ0) is 21.8. The molecule has 0 bridgehead atoms. The van der Waals surface area contributed by atoms with Gasteiger partial charge in [0.2, 0.25) is 5.91 Å². The van der Waals surface area contributed by atoms with Crippen LogP contribution in [0, 0.1) is 13.8 Å². The number of carbonyl (C=O) groups excluding carboxylic acids is 1. The summed E-state index contributed by atoms with van der Waals surface area (Å²) in [7, 11) is 1.68. The molecule has 1 aromatic heterocycles. The van der Waals surface area contributed by atoms with Crippen molar-refractivity contribution in [2.75, 3.05) is 25.1 Å². The highest BCUT2D eigenvalue weighted by Crippen LogP contribution is 2.23. The first-order chi connectivity index (χ1) is 15.0. The number of anilines is 1. The first-order valence-electron chi connectivity index (χ1n) is 10.8. The number of piperidine rings is 1. The summed E-state index contributed by atoms with van der Waals surface area (Å²) in [4.78, 5) is 15.1. The predicted molar refractivity (Wildman–Crippen MR) is 123 cm³/mol. The fourth-order valence-corrected chi connectivity index (χ4v) is 4.27. The van der Waals surface area contributed by atoms with Crippen LogP contribution in [0.25, 0.3) is 5.69 Å². The molecule has 1 N–H and O–H groups in total. The van der Waals surface area contributed by atoms with Crippen LogP contribution >= 0.6 is 0 Å². The van der Waals surface area contributed by atoms with Gasteiger partial charge in [0.05, 0.1) is 24.9 Å². The van der Waals surface area contributed by atoms with Crippen molar-refractivity contribution >= 4 is 11.6 Å². The van der Waals surface area contributed by atoms with Gasteiger partial charge in [0.25, 0.3) is 0 Å². The minimum Gasteiger partial charge on any atom is -0.497 e. The molecule has 0 aliphatic carbocycles. The Kier molecular flexibility index (Phi) is 6.26. The molecule has 6 heteroatoms. The largest absolute Gasteiger partial charge is 0.497 e. The van der Waals surface area contributed by atoms with Gasteiger partial charge in [0.1, 0.15) is 5.75 Å². The number of amides is 1. The van der Waals surface area contributed by atoms with Crippen molar-refractivity contribution in [2.45, 2.75) is 39.2 Å². The highest BCUT2D eigenvalue weighted by Gasteiger charge is 2.22. The van der Waals surface area contributed by atoms with Crippen molar-refractivity contribution in [1.82, 2.24) is 15.1 Å². The Labute approximate surface area is 183 Å². The van der Waals surface area contributed by atoms with Crippen LogP contribution in [0.4, 0.5) is 5.69 Å². The number of aryl methyl sites for hydroxylation is 1. The molecule has 2 heterocycles. The van der Waals surface area contributed by atoms with Gasteiger partial charge in [-0.2, -0.15) is 5.10 Å². The van der Waals surface area contributed by atoms with Crippen LogP contribution in [0.1, 0.15) is 29.8 Å². The van der Waals surface area contributed by atoms with Crippen molar-refractivity contribution in [3.63, 3.8) is 0 Å². The third-order valence-electron chi connectivity index (χ3n) is 6.08. The molecule has 1 aliphatic rings. The number of hydrogen-bond donors (Lipinski definition) is 1. The summed E-state index contributed by atoms with van der Waals surface area (Å²) >= 11 is 0. The van der Waals surface area contributed by atoms with Gasteiger partial charge in [-0.05, 0) is 63.1 Å². The van der Waals surface area contributed by atoms with Gasteiger partial charge >= 0.3 is 0 Å². The second-order valence-corrected chi connectivity index (χ2v) is 8.10. The average molecular weight is 419 g/mol. The van der Waals surface area contributed by atoms with E-state index in [1.807, 2.05) is 61.0 Å². The molecule has 0 spiro atoms. The summed E-state index contributed by atoms with van der Waals surface area (Å²) in [6.45, 7) is 5.87.